The standard InChI is InChI=1S/C31H38ClN3O6S/c32-30-15-13-25(21-34-30)28(37)22-33-16-17-35(42(39,40)19-7-18-36)31(38)27-14-12-24(23-8-3-1-4-9-23)20-29(27)41-26-10-5-2-6-11-26/h1,3-4,8-9,12-15,20-21,26,28,33,36-37H,2,5-7,10-11,16-19,22H2/t28-/m0/s1. The van der Waals surface area contributed by atoms with E-state index in [9.17, 15) is 23.4 Å². The maximum atomic E-state index is 14.0. The molecule has 0 unspecified atom stereocenters. The number of carbonyl (C=O) groups excluding carboxylic acids is 1. The minimum atomic E-state index is -4.06. The van der Waals surface area contributed by atoms with E-state index in [1.54, 1.807) is 24.3 Å². The number of aliphatic hydroxyl groups excluding tert-OH is 2. The minimum Gasteiger partial charge on any atom is -0.490 e. The Hall–Kier alpha value is -3.02. The molecule has 1 fully saturated rings. The van der Waals surface area contributed by atoms with Crippen LogP contribution in [0.2, 0.25) is 5.15 Å². The summed E-state index contributed by atoms with van der Waals surface area (Å²) < 4.78 is 33.9. The molecule has 0 bridgehead atoms. The Morgan fingerprint density at radius 1 is 1.07 bits per heavy atom. The van der Waals surface area contributed by atoms with Crippen LogP contribution in [-0.2, 0) is 10.0 Å². The summed E-state index contributed by atoms with van der Waals surface area (Å²) in [5.74, 6) is -0.716. The lowest BCUT2D eigenvalue weighted by Gasteiger charge is -2.27. The first-order valence-electron chi connectivity index (χ1n) is 14.3. The van der Waals surface area contributed by atoms with Crippen LogP contribution in [0.1, 0.15) is 60.6 Å². The number of aliphatic hydroxyl groups is 2. The first-order valence-corrected chi connectivity index (χ1v) is 16.3. The van der Waals surface area contributed by atoms with Gasteiger partial charge in [-0.1, -0.05) is 60.5 Å². The molecule has 9 nitrogen and oxygen atoms in total. The summed E-state index contributed by atoms with van der Waals surface area (Å²) in [7, 11) is -4.06. The number of sulfonamides is 1. The molecule has 2 aromatic carbocycles. The average Bonchev–Trinajstić information content (AvgIpc) is 3.01. The van der Waals surface area contributed by atoms with E-state index in [0.29, 0.717) is 16.5 Å². The van der Waals surface area contributed by atoms with E-state index in [4.69, 9.17) is 16.3 Å². The molecule has 1 aliphatic rings. The number of halogens is 1. The fourth-order valence-electron chi connectivity index (χ4n) is 4.95. The van der Waals surface area contributed by atoms with Crippen molar-refractivity contribution in [2.75, 3.05) is 32.0 Å². The summed E-state index contributed by atoms with van der Waals surface area (Å²) in [6.45, 7) is -0.267. The smallest absolute Gasteiger partial charge is 0.271 e. The van der Waals surface area contributed by atoms with E-state index in [1.165, 1.54) is 6.20 Å². The molecular formula is C31H38ClN3O6S. The zero-order chi connectivity index (χ0) is 30.0. The van der Waals surface area contributed by atoms with Gasteiger partial charge >= 0.3 is 0 Å². The molecule has 0 spiro atoms. The Balaban J connectivity index is 1.56. The second kappa shape index (κ2) is 15.5. The number of nitrogens with one attached hydrogen (secondary N) is 1. The molecule has 1 saturated carbocycles. The lowest BCUT2D eigenvalue weighted by molar-refractivity contribution is 0.0849. The first kappa shape index (κ1) is 31.9. The molecular weight excluding hydrogens is 578 g/mol. The van der Waals surface area contributed by atoms with Crippen molar-refractivity contribution in [1.82, 2.24) is 14.6 Å². The topological polar surface area (TPSA) is 129 Å². The molecule has 1 aliphatic carbocycles. The van der Waals surface area contributed by atoms with Gasteiger partial charge in [-0.15, -0.1) is 0 Å². The third-order valence-electron chi connectivity index (χ3n) is 7.25. The monoisotopic (exact) mass is 615 g/mol. The van der Waals surface area contributed by atoms with Crippen molar-refractivity contribution in [2.24, 2.45) is 0 Å². The number of carbonyl (C=O) groups is 1. The molecule has 11 heteroatoms. The van der Waals surface area contributed by atoms with Gasteiger partial charge in [-0.3, -0.25) is 4.79 Å². The number of ether oxygens (including phenoxy) is 1. The highest BCUT2D eigenvalue weighted by Crippen LogP contribution is 2.32. The fourth-order valence-corrected chi connectivity index (χ4v) is 6.50. The van der Waals surface area contributed by atoms with Gasteiger partial charge in [0.2, 0.25) is 10.0 Å². The second-order valence-electron chi connectivity index (χ2n) is 10.4. The van der Waals surface area contributed by atoms with Crippen LogP contribution in [0, 0.1) is 0 Å². The third kappa shape index (κ3) is 8.75. The van der Waals surface area contributed by atoms with Crippen LogP contribution >= 0.6 is 11.6 Å². The van der Waals surface area contributed by atoms with E-state index in [2.05, 4.69) is 10.3 Å². The minimum absolute atomic E-state index is 0.000197. The number of pyridine rings is 1. The number of benzene rings is 2. The zero-order valence-electron chi connectivity index (χ0n) is 23.5. The Labute approximate surface area is 252 Å². The quantitative estimate of drug-likeness (QED) is 0.177. The van der Waals surface area contributed by atoms with Gasteiger partial charge in [0.1, 0.15) is 10.9 Å². The van der Waals surface area contributed by atoms with Crippen molar-refractivity contribution >= 4 is 27.5 Å². The first-order chi connectivity index (χ1) is 20.3. The maximum Gasteiger partial charge on any atom is 0.271 e. The Morgan fingerprint density at radius 3 is 2.52 bits per heavy atom. The van der Waals surface area contributed by atoms with E-state index in [-0.39, 0.29) is 50.1 Å². The molecule has 3 aromatic rings. The van der Waals surface area contributed by atoms with E-state index in [1.807, 2.05) is 36.4 Å². The van der Waals surface area contributed by atoms with Gasteiger partial charge in [0.25, 0.3) is 5.91 Å². The van der Waals surface area contributed by atoms with Gasteiger partial charge < -0.3 is 20.3 Å². The van der Waals surface area contributed by atoms with Crippen molar-refractivity contribution < 1.29 is 28.2 Å². The van der Waals surface area contributed by atoms with Crippen LogP contribution in [0.25, 0.3) is 11.1 Å². The highest BCUT2D eigenvalue weighted by Gasteiger charge is 2.31. The molecule has 226 valence electrons. The van der Waals surface area contributed by atoms with Gasteiger partial charge in [0.15, 0.2) is 0 Å². The number of nitrogens with zero attached hydrogens (tertiary/aromatic N) is 2. The van der Waals surface area contributed by atoms with Crippen LogP contribution < -0.4 is 10.1 Å². The van der Waals surface area contributed by atoms with Gasteiger partial charge in [-0.05, 0) is 61.4 Å². The highest BCUT2D eigenvalue weighted by molar-refractivity contribution is 7.89. The summed E-state index contributed by atoms with van der Waals surface area (Å²) in [5.41, 5.74) is 2.54. The molecule has 1 heterocycles. The maximum absolute atomic E-state index is 14.0. The zero-order valence-corrected chi connectivity index (χ0v) is 25.1. The van der Waals surface area contributed by atoms with E-state index < -0.39 is 22.0 Å². The summed E-state index contributed by atoms with van der Waals surface area (Å²) in [6, 6.07) is 18.2. The summed E-state index contributed by atoms with van der Waals surface area (Å²) in [4.78, 5) is 17.9. The molecule has 1 aromatic heterocycles. The van der Waals surface area contributed by atoms with Crippen LogP contribution in [-0.4, -0.2) is 71.9 Å². The number of rotatable bonds is 14. The molecule has 0 saturated heterocycles. The summed E-state index contributed by atoms with van der Waals surface area (Å²) in [6.07, 6.45) is 5.48. The van der Waals surface area contributed by atoms with Gasteiger partial charge in [0, 0.05) is 38.0 Å². The molecule has 1 amide bonds. The predicted molar refractivity (Wildman–Crippen MR) is 163 cm³/mol. The molecule has 42 heavy (non-hydrogen) atoms. The molecule has 1 atom stereocenters. The predicted octanol–water partition coefficient (Wildman–Crippen LogP) is 4.59. The SMILES string of the molecule is O=C(c1ccc(-c2ccccc2)cc1OC1CCCCC1)N(CCNC[C@H](O)c1ccc(Cl)nc1)S(=O)(=O)CCCO. The van der Waals surface area contributed by atoms with Crippen LogP contribution in [0.4, 0.5) is 0 Å². The van der Waals surface area contributed by atoms with Crippen LogP contribution in [0.3, 0.4) is 0 Å². The normalized spacial score (nSPS) is 14.8. The molecule has 0 radical (unpaired) electrons. The summed E-state index contributed by atoms with van der Waals surface area (Å²) in [5, 5.41) is 23.1. The van der Waals surface area contributed by atoms with E-state index in [0.717, 1.165) is 47.5 Å². The number of amides is 1. The van der Waals surface area contributed by atoms with Gasteiger partial charge in [-0.2, -0.15) is 0 Å². The van der Waals surface area contributed by atoms with Crippen molar-refractivity contribution in [3.63, 3.8) is 0 Å². The fraction of sp³-hybridized carbons (Fsp3) is 0.419. The summed E-state index contributed by atoms with van der Waals surface area (Å²) >= 11 is 5.82. The average molecular weight is 616 g/mol. The lowest BCUT2D eigenvalue weighted by atomic mass is 9.97. The Bertz CT molecular complexity index is 1400. The Morgan fingerprint density at radius 2 is 1.83 bits per heavy atom. The Kier molecular flexibility index (Phi) is 11.7. The number of aromatic nitrogens is 1. The van der Waals surface area contributed by atoms with Crippen molar-refractivity contribution in [1.29, 1.82) is 0 Å². The molecule has 3 N–H and O–H groups in total. The number of hydrogen-bond donors (Lipinski definition) is 3. The van der Waals surface area contributed by atoms with Gasteiger partial charge in [-0.25, -0.2) is 17.7 Å². The molecule has 0 aliphatic heterocycles. The highest BCUT2D eigenvalue weighted by atomic mass is 35.5. The second-order valence-corrected chi connectivity index (χ2v) is 12.8. The van der Waals surface area contributed by atoms with Crippen molar-refractivity contribution in [3.05, 3.63) is 83.1 Å². The van der Waals surface area contributed by atoms with Gasteiger partial charge in [0.05, 0.1) is 23.5 Å². The third-order valence-corrected chi connectivity index (χ3v) is 9.30. The van der Waals surface area contributed by atoms with Crippen LogP contribution in [0.15, 0.2) is 66.9 Å². The molecule has 4 rings (SSSR count). The van der Waals surface area contributed by atoms with Crippen LogP contribution in [0.5, 0.6) is 5.75 Å². The number of hydrogen-bond acceptors (Lipinski definition) is 8. The van der Waals surface area contributed by atoms with Crippen molar-refractivity contribution in [3.8, 4) is 16.9 Å². The lowest BCUT2D eigenvalue weighted by Crippen LogP contribution is -2.43. The largest absolute Gasteiger partial charge is 0.490 e. The van der Waals surface area contributed by atoms with Crippen molar-refractivity contribution in [2.45, 2.75) is 50.7 Å². The van der Waals surface area contributed by atoms with E-state index >= 15 is 0 Å².